The SMILES string of the molecule is CC(C)(C)C1CCC(c2c(N)nc(N)nc2Oc2ccc(Cl)cc2Cl)CC1. The first kappa shape index (κ1) is 20.0. The molecule has 1 aromatic carbocycles. The molecule has 1 fully saturated rings. The van der Waals surface area contributed by atoms with Crippen LogP contribution >= 0.6 is 23.2 Å². The summed E-state index contributed by atoms with van der Waals surface area (Å²) in [5.41, 5.74) is 13.2. The Balaban J connectivity index is 1.90. The van der Waals surface area contributed by atoms with E-state index in [1.165, 1.54) is 0 Å². The van der Waals surface area contributed by atoms with Crippen molar-refractivity contribution in [1.29, 1.82) is 0 Å². The van der Waals surface area contributed by atoms with Gasteiger partial charge in [-0.25, -0.2) is 0 Å². The summed E-state index contributed by atoms with van der Waals surface area (Å²) in [5, 5.41) is 0.940. The number of nitrogen functional groups attached to an aromatic ring is 2. The number of ether oxygens (including phenoxy) is 1. The Morgan fingerprint density at radius 2 is 1.70 bits per heavy atom. The van der Waals surface area contributed by atoms with Crippen LogP contribution in [0.15, 0.2) is 18.2 Å². The normalized spacial score (nSPS) is 20.5. The number of halogens is 2. The van der Waals surface area contributed by atoms with E-state index in [9.17, 15) is 0 Å². The molecule has 0 saturated heterocycles. The van der Waals surface area contributed by atoms with E-state index < -0.39 is 0 Å². The maximum atomic E-state index is 6.25. The molecule has 1 aromatic heterocycles. The molecule has 0 spiro atoms. The van der Waals surface area contributed by atoms with Crippen LogP contribution in [-0.2, 0) is 0 Å². The Bertz CT molecular complexity index is 827. The number of nitrogens with two attached hydrogens (primary N) is 2. The van der Waals surface area contributed by atoms with Crippen LogP contribution < -0.4 is 16.2 Å². The van der Waals surface area contributed by atoms with Crippen molar-refractivity contribution in [3.8, 4) is 11.6 Å². The van der Waals surface area contributed by atoms with Crippen molar-refractivity contribution < 1.29 is 4.74 Å². The number of hydrogen-bond donors (Lipinski definition) is 2. The van der Waals surface area contributed by atoms with Crippen molar-refractivity contribution in [1.82, 2.24) is 9.97 Å². The monoisotopic (exact) mass is 408 g/mol. The summed E-state index contributed by atoms with van der Waals surface area (Å²) in [4.78, 5) is 8.47. The molecule has 1 aliphatic carbocycles. The van der Waals surface area contributed by atoms with Crippen molar-refractivity contribution in [3.05, 3.63) is 33.8 Å². The Hall–Kier alpha value is -1.72. The van der Waals surface area contributed by atoms with Gasteiger partial charge in [0.05, 0.1) is 10.6 Å². The fraction of sp³-hybridized carbons (Fsp3) is 0.500. The molecule has 0 unspecified atom stereocenters. The molecule has 146 valence electrons. The number of aromatic nitrogens is 2. The number of benzene rings is 1. The van der Waals surface area contributed by atoms with Gasteiger partial charge >= 0.3 is 0 Å². The Kier molecular flexibility index (Phi) is 5.73. The highest BCUT2D eigenvalue weighted by atomic mass is 35.5. The lowest BCUT2D eigenvalue weighted by atomic mass is 9.69. The minimum Gasteiger partial charge on any atom is -0.437 e. The van der Waals surface area contributed by atoms with Crippen molar-refractivity contribution in [2.24, 2.45) is 11.3 Å². The summed E-state index contributed by atoms with van der Waals surface area (Å²) in [7, 11) is 0. The highest BCUT2D eigenvalue weighted by Crippen LogP contribution is 2.47. The van der Waals surface area contributed by atoms with Gasteiger partial charge in [0.25, 0.3) is 0 Å². The average Bonchev–Trinajstić information content (AvgIpc) is 2.56. The van der Waals surface area contributed by atoms with E-state index in [0.717, 1.165) is 31.2 Å². The lowest BCUT2D eigenvalue weighted by Gasteiger charge is -2.37. The van der Waals surface area contributed by atoms with Gasteiger partial charge in [-0.1, -0.05) is 44.0 Å². The molecular formula is C20H26Cl2N4O. The summed E-state index contributed by atoms with van der Waals surface area (Å²) in [6, 6.07) is 5.05. The second-order valence-corrected chi connectivity index (χ2v) is 9.12. The van der Waals surface area contributed by atoms with Gasteiger partial charge in [0.15, 0.2) is 0 Å². The molecule has 0 radical (unpaired) electrons. The van der Waals surface area contributed by atoms with Gasteiger partial charge in [0.2, 0.25) is 11.8 Å². The molecule has 0 amide bonds. The van der Waals surface area contributed by atoms with E-state index in [4.69, 9.17) is 39.4 Å². The zero-order valence-corrected chi connectivity index (χ0v) is 17.4. The maximum absolute atomic E-state index is 6.25. The molecule has 27 heavy (non-hydrogen) atoms. The van der Waals surface area contributed by atoms with Gasteiger partial charge in [-0.3, -0.25) is 0 Å². The van der Waals surface area contributed by atoms with Crippen LogP contribution in [0.2, 0.25) is 10.0 Å². The fourth-order valence-corrected chi connectivity index (χ4v) is 4.30. The molecular weight excluding hydrogens is 383 g/mol. The smallest absolute Gasteiger partial charge is 0.229 e. The van der Waals surface area contributed by atoms with Crippen LogP contribution in [0.4, 0.5) is 11.8 Å². The molecule has 1 saturated carbocycles. The van der Waals surface area contributed by atoms with E-state index in [-0.39, 0.29) is 11.9 Å². The predicted molar refractivity (Wildman–Crippen MR) is 112 cm³/mol. The lowest BCUT2D eigenvalue weighted by molar-refractivity contribution is 0.168. The fourth-order valence-electron chi connectivity index (χ4n) is 3.85. The summed E-state index contributed by atoms with van der Waals surface area (Å²) in [6.07, 6.45) is 4.31. The van der Waals surface area contributed by atoms with E-state index in [0.29, 0.717) is 38.8 Å². The van der Waals surface area contributed by atoms with Crippen molar-refractivity contribution in [2.75, 3.05) is 11.5 Å². The third-order valence-corrected chi connectivity index (χ3v) is 5.95. The summed E-state index contributed by atoms with van der Waals surface area (Å²) in [6.45, 7) is 6.90. The minimum absolute atomic E-state index is 0.0831. The van der Waals surface area contributed by atoms with Crippen LogP contribution in [0.5, 0.6) is 11.6 Å². The van der Waals surface area contributed by atoms with Crippen LogP contribution in [0.1, 0.15) is 57.9 Å². The van der Waals surface area contributed by atoms with Crippen molar-refractivity contribution in [3.63, 3.8) is 0 Å². The summed E-state index contributed by atoms with van der Waals surface area (Å²) in [5.74, 6) is 2.23. The first-order valence-corrected chi connectivity index (χ1v) is 9.96. The van der Waals surface area contributed by atoms with Crippen LogP contribution in [-0.4, -0.2) is 9.97 Å². The van der Waals surface area contributed by atoms with Crippen molar-refractivity contribution in [2.45, 2.75) is 52.4 Å². The Labute approximate surface area is 170 Å². The molecule has 1 aliphatic rings. The highest BCUT2D eigenvalue weighted by Gasteiger charge is 2.33. The highest BCUT2D eigenvalue weighted by molar-refractivity contribution is 6.35. The third kappa shape index (κ3) is 4.58. The second-order valence-electron chi connectivity index (χ2n) is 8.28. The molecule has 0 aliphatic heterocycles. The van der Waals surface area contributed by atoms with Crippen LogP contribution in [0.3, 0.4) is 0 Å². The quantitative estimate of drug-likeness (QED) is 0.643. The molecule has 4 N–H and O–H groups in total. The molecule has 7 heteroatoms. The number of nitrogens with zero attached hydrogens (tertiary/aromatic N) is 2. The third-order valence-electron chi connectivity index (χ3n) is 5.42. The maximum Gasteiger partial charge on any atom is 0.229 e. The van der Waals surface area contributed by atoms with Crippen LogP contribution in [0, 0.1) is 11.3 Å². The summed E-state index contributed by atoms with van der Waals surface area (Å²) < 4.78 is 6.00. The molecule has 3 rings (SSSR count). The van der Waals surface area contributed by atoms with Crippen LogP contribution in [0.25, 0.3) is 0 Å². The Morgan fingerprint density at radius 3 is 2.30 bits per heavy atom. The van der Waals surface area contributed by atoms with Gasteiger partial charge in [0, 0.05) is 5.02 Å². The number of anilines is 2. The van der Waals surface area contributed by atoms with Gasteiger partial charge in [-0.2, -0.15) is 9.97 Å². The first-order valence-electron chi connectivity index (χ1n) is 9.21. The van der Waals surface area contributed by atoms with Gasteiger partial charge in [-0.15, -0.1) is 0 Å². The molecule has 0 atom stereocenters. The van der Waals surface area contributed by atoms with Gasteiger partial charge < -0.3 is 16.2 Å². The molecule has 1 heterocycles. The standard InChI is InChI=1S/C20H26Cl2N4O/c1-20(2,3)12-6-4-11(5-7-12)16-17(23)25-19(24)26-18(16)27-15-9-8-13(21)10-14(15)22/h8-12H,4-7H2,1-3H3,(H4,23,24,25,26). The molecule has 5 nitrogen and oxygen atoms in total. The Morgan fingerprint density at radius 1 is 1.04 bits per heavy atom. The lowest BCUT2D eigenvalue weighted by Crippen LogP contribution is -2.26. The van der Waals surface area contributed by atoms with E-state index >= 15 is 0 Å². The van der Waals surface area contributed by atoms with E-state index in [1.807, 2.05) is 0 Å². The van der Waals surface area contributed by atoms with E-state index in [2.05, 4.69) is 30.7 Å². The second kappa shape index (κ2) is 7.72. The zero-order chi connectivity index (χ0) is 19.8. The number of rotatable bonds is 3. The summed E-state index contributed by atoms with van der Waals surface area (Å²) >= 11 is 12.2. The first-order chi connectivity index (χ1) is 12.6. The van der Waals surface area contributed by atoms with E-state index in [1.54, 1.807) is 18.2 Å². The zero-order valence-electron chi connectivity index (χ0n) is 15.9. The predicted octanol–water partition coefficient (Wildman–Crippen LogP) is 6.06. The number of hydrogen-bond acceptors (Lipinski definition) is 5. The van der Waals surface area contributed by atoms with Crippen molar-refractivity contribution >= 4 is 35.0 Å². The topological polar surface area (TPSA) is 87.0 Å². The average molecular weight is 409 g/mol. The molecule has 0 bridgehead atoms. The minimum atomic E-state index is 0.0831. The van der Waals surface area contributed by atoms with Gasteiger partial charge in [0.1, 0.15) is 11.6 Å². The largest absolute Gasteiger partial charge is 0.437 e. The molecule has 2 aromatic rings. The van der Waals surface area contributed by atoms with Gasteiger partial charge in [-0.05, 0) is 61.1 Å².